The molecule has 0 amide bonds. The largest absolute Gasteiger partial charge is 0.508 e. The molecule has 0 spiro atoms. The Hall–Kier alpha value is -2.98. The van der Waals surface area contributed by atoms with Crippen LogP contribution in [0.3, 0.4) is 0 Å². The van der Waals surface area contributed by atoms with E-state index in [1.165, 1.54) is 0 Å². The molecular weight excluding hydrogens is 336 g/mol. The van der Waals surface area contributed by atoms with E-state index in [9.17, 15) is 10.2 Å². The average molecular weight is 360 g/mol. The summed E-state index contributed by atoms with van der Waals surface area (Å²) in [5, 5.41) is 18.6. The van der Waals surface area contributed by atoms with Gasteiger partial charge in [-0.2, -0.15) is 0 Å². The van der Waals surface area contributed by atoms with Crippen molar-refractivity contribution in [2.24, 2.45) is 0 Å². The molecule has 0 fully saturated rings. The van der Waals surface area contributed by atoms with Crippen LogP contribution in [0, 0.1) is 0 Å². The molecule has 0 saturated carbocycles. The van der Waals surface area contributed by atoms with Crippen molar-refractivity contribution in [1.29, 1.82) is 0 Å². The number of benzene rings is 2. The molecule has 1 unspecified atom stereocenters. The lowest BCUT2D eigenvalue weighted by Gasteiger charge is -2.05. The van der Waals surface area contributed by atoms with Gasteiger partial charge in [-0.25, -0.2) is 9.97 Å². The standard InChI is InChI=1S/C23H24N2O2/c1-17(26)5-3-2-4-6-23-24-15-21(16-25-23)20-9-7-18(8-10-20)19-11-13-22(27)14-12-19/h4,6-17,26-27H,2-3,5H2,1H3/b6-4+. The zero-order valence-corrected chi connectivity index (χ0v) is 15.4. The first-order chi connectivity index (χ1) is 13.1. The normalized spacial score (nSPS) is 12.4. The first kappa shape index (κ1) is 18.8. The number of aliphatic hydroxyl groups excluding tert-OH is 1. The van der Waals surface area contributed by atoms with E-state index in [2.05, 4.69) is 22.1 Å². The fourth-order valence-corrected chi connectivity index (χ4v) is 2.80. The van der Waals surface area contributed by atoms with Crippen molar-refractivity contribution < 1.29 is 10.2 Å². The van der Waals surface area contributed by atoms with Gasteiger partial charge in [-0.3, -0.25) is 0 Å². The van der Waals surface area contributed by atoms with Crippen LogP contribution in [0.25, 0.3) is 28.3 Å². The number of aliphatic hydroxyl groups is 1. The molecule has 2 N–H and O–H groups in total. The van der Waals surface area contributed by atoms with Crippen LogP contribution in [0.1, 0.15) is 32.0 Å². The predicted octanol–water partition coefficient (Wildman–Crippen LogP) is 5.08. The topological polar surface area (TPSA) is 66.2 Å². The fourth-order valence-electron chi connectivity index (χ4n) is 2.80. The lowest BCUT2D eigenvalue weighted by Crippen LogP contribution is -1.97. The summed E-state index contributed by atoms with van der Waals surface area (Å²) in [5.41, 5.74) is 4.19. The molecular formula is C23H24N2O2. The Bertz CT molecular complexity index is 868. The second-order valence-electron chi connectivity index (χ2n) is 6.64. The molecule has 2 aromatic carbocycles. The van der Waals surface area contributed by atoms with Gasteiger partial charge in [-0.15, -0.1) is 0 Å². The van der Waals surface area contributed by atoms with E-state index in [1.54, 1.807) is 12.1 Å². The monoisotopic (exact) mass is 360 g/mol. The Morgan fingerprint density at radius 3 is 1.93 bits per heavy atom. The molecule has 1 atom stereocenters. The van der Waals surface area contributed by atoms with Gasteiger partial charge in [-0.05, 0) is 61.1 Å². The highest BCUT2D eigenvalue weighted by molar-refractivity contribution is 5.70. The Kier molecular flexibility index (Phi) is 6.34. The average Bonchev–Trinajstić information content (AvgIpc) is 2.69. The molecule has 3 aromatic rings. The number of phenols is 1. The van der Waals surface area contributed by atoms with Crippen molar-refractivity contribution in [3.8, 4) is 28.0 Å². The van der Waals surface area contributed by atoms with Crippen LogP contribution in [-0.2, 0) is 0 Å². The molecule has 138 valence electrons. The van der Waals surface area contributed by atoms with Crippen LogP contribution < -0.4 is 0 Å². The lowest BCUT2D eigenvalue weighted by molar-refractivity contribution is 0.182. The summed E-state index contributed by atoms with van der Waals surface area (Å²) in [4.78, 5) is 8.81. The van der Waals surface area contributed by atoms with Crippen LogP contribution in [-0.4, -0.2) is 26.3 Å². The van der Waals surface area contributed by atoms with E-state index in [0.717, 1.165) is 41.5 Å². The molecule has 0 aliphatic rings. The lowest BCUT2D eigenvalue weighted by atomic mass is 10.0. The number of phenolic OH excluding ortho intramolecular Hbond substituents is 1. The number of unbranched alkanes of at least 4 members (excludes halogenated alkanes) is 1. The maximum Gasteiger partial charge on any atom is 0.151 e. The quantitative estimate of drug-likeness (QED) is 0.577. The zero-order chi connectivity index (χ0) is 19.1. The third-order valence-electron chi connectivity index (χ3n) is 4.35. The van der Waals surface area contributed by atoms with Gasteiger partial charge in [0.15, 0.2) is 5.82 Å². The summed E-state index contributed by atoms with van der Waals surface area (Å²) in [5.74, 6) is 0.959. The SMILES string of the molecule is CC(O)CCC/C=C/c1ncc(-c2ccc(-c3ccc(O)cc3)cc2)cn1. The van der Waals surface area contributed by atoms with Crippen molar-refractivity contribution in [1.82, 2.24) is 9.97 Å². The van der Waals surface area contributed by atoms with Crippen LogP contribution in [0.4, 0.5) is 0 Å². The first-order valence-corrected chi connectivity index (χ1v) is 9.18. The van der Waals surface area contributed by atoms with E-state index in [4.69, 9.17) is 0 Å². The molecule has 4 heteroatoms. The predicted molar refractivity (Wildman–Crippen MR) is 109 cm³/mol. The van der Waals surface area contributed by atoms with Crippen LogP contribution in [0.2, 0.25) is 0 Å². The molecule has 0 bridgehead atoms. The fraction of sp³-hybridized carbons (Fsp3) is 0.217. The first-order valence-electron chi connectivity index (χ1n) is 9.18. The van der Waals surface area contributed by atoms with Crippen molar-refractivity contribution in [2.45, 2.75) is 32.3 Å². The summed E-state index contributed by atoms with van der Waals surface area (Å²) >= 11 is 0. The second-order valence-corrected chi connectivity index (χ2v) is 6.64. The van der Waals surface area contributed by atoms with E-state index >= 15 is 0 Å². The minimum Gasteiger partial charge on any atom is -0.508 e. The molecule has 0 radical (unpaired) electrons. The Morgan fingerprint density at radius 2 is 1.37 bits per heavy atom. The van der Waals surface area contributed by atoms with Gasteiger partial charge in [0.05, 0.1) is 6.10 Å². The third kappa shape index (κ3) is 5.50. The van der Waals surface area contributed by atoms with Gasteiger partial charge in [0.1, 0.15) is 5.75 Å². The highest BCUT2D eigenvalue weighted by Gasteiger charge is 2.02. The maximum atomic E-state index is 9.39. The summed E-state index contributed by atoms with van der Waals surface area (Å²) in [6.45, 7) is 1.81. The van der Waals surface area contributed by atoms with Gasteiger partial charge in [-0.1, -0.05) is 42.5 Å². The number of nitrogens with zero attached hydrogens (tertiary/aromatic N) is 2. The van der Waals surface area contributed by atoms with Crippen LogP contribution in [0.15, 0.2) is 67.0 Å². The molecule has 0 aliphatic carbocycles. The summed E-state index contributed by atoms with van der Waals surface area (Å²) in [6, 6.07) is 15.4. The van der Waals surface area contributed by atoms with Gasteiger partial charge in [0.2, 0.25) is 0 Å². The Morgan fingerprint density at radius 1 is 0.852 bits per heavy atom. The molecule has 3 rings (SSSR count). The minimum atomic E-state index is -0.241. The van der Waals surface area contributed by atoms with Gasteiger partial charge < -0.3 is 10.2 Å². The molecule has 27 heavy (non-hydrogen) atoms. The van der Waals surface area contributed by atoms with E-state index < -0.39 is 0 Å². The van der Waals surface area contributed by atoms with E-state index in [0.29, 0.717) is 5.82 Å². The molecule has 0 aliphatic heterocycles. The van der Waals surface area contributed by atoms with Crippen LogP contribution in [0.5, 0.6) is 5.75 Å². The highest BCUT2D eigenvalue weighted by Crippen LogP contribution is 2.25. The van der Waals surface area contributed by atoms with Crippen molar-refractivity contribution >= 4 is 6.08 Å². The van der Waals surface area contributed by atoms with Crippen molar-refractivity contribution in [2.75, 3.05) is 0 Å². The minimum absolute atomic E-state index is 0.241. The maximum absolute atomic E-state index is 9.39. The summed E-state index contributed by atoms with van der Waals surface area (Å²) in [6.07, 6.45) is 10.1. The molecule has 1 heterocycles. The second kappa shape index (κ2) is 9.10. The van der Waals surface area contributed by atoms with Crippen molar-refractivity contribution in [3.05, 3.63) is 72.8 Å². The number of hydrogen-bond acceptors (Lipinski definition) is 4. The summed E-state index contributed by atoms with van der Waals surface area (Å²) in [7, 11) is 0. The smallest absolute Gasteiger partial charge is 0.151 e. The molecule has 4 nitrogen and oxygen atoms in total. The highest BCUT2D eigenvalue weighted by atomic mass is 16.3. The van der Waals surface area contributed by atoms with Gasteiger partial charge in [0.25, 0.3) is 0 Å². The number of aromatic nitrogens is 2. The van der Waals surface area contributed by atoms with Crippen molar-refractivity contribution in [3.63, 3.8) is 0 Å². The Balaban J connectivity index is 1.63. The number of aromatic hydroxyl groups is 1. The molecule has 1 aromatic heterocycles. The number of hydrogen-bond donors (Lipinski definition) is 2. The van der Waals surface area contributed by atoms with Crippen LogP contribution >= 0.6 is 0 Å². The van der Waals surface area contributed by atoms with E-state index in [1.807, 2.05) is 55.7 Å². The third-order valence-corrected chi connectivity index (χ3v) is 4.35. The number of allylic oxidation sites excluding steroid dienone is 1. The van der Waals surface area contributed by atoms with E-state index in [-0.39, 0.29) is 11.9 Å². The molecule has 0 saturated heterocycles. The zero-order valence-electron chi connectivity index (χ0n) is 15.4. The summed E-state index contributed by atoms with van der Waals surface area (Å²) < 4.78 is 0. The van der Waals surface area contributed by atoms with Gasteiger partial charge >= 0.3 is 0 Å². The van der Waals surface area contributed by atoms with Gasteiger partial charge in [0, 0.05) is 18.0 Å². The number of rotatable bonds is 7. The Labute approximate surface area is 159 Å².